The lowest BCUT2D eigenvalue weighted by molar-refractivity contribution is 0.0367. The van der Waals surface area contributed by atoms with Crippen LogP contribution in [0.5, 0.6) is 0 Å². The van der Waals surface area contributed by atoms with Crippen LogP contribution >= 0.6 is 0 Å². The predicted octanol–water partition coefficient (Wildman–Crippen LogP) is 2.48. The van der Waals surface area contributed by atoms with Crippen molar-refractivity contribution >= 4 is 17.0 Å². The minimum Gasteiger partial charge on any atom is -0.362 e. The van der Waals surface area contributed by atoms with Crippen LogP contribution in [0.25, 0.3) is 22.7 Å². The van der Waals surface area contributed by atoms with Gasteiger partial charge in [0.2, 0.25) is 0 Å². The van der Waals surface area contributed by atoms with Gasteiger partial charge in [-0.1, -0.05) is 18.6 Å². The molecule has 24 heavy (non-hydrogen) atoms. The van der Waals surface area contributed by atoms with Crippen LogP contribution in [0.15, 0.2) is 12.5 Å². The molecule has 0 aliphatic heterocycles. The Labute approximate surface area is 136 Å². The molecule has 3 aromatic rings. The Balaban J connectivity index is 1.92. The summed E-state index contributed by atoms with van der Waals surface area (Å²) in [5.41, 5.74) is 1.33. The third-order valence-corrected chi connectivity index (χ3v) is 3.36. The molecule has 0 fully saturated rings. The Bertz CT molecular complexity index is 820. The molecule has 2 N–H and O–H groups in total. The number of aromatic amines is 1. The maximum atomic E-state index is 13.1. The first-order valence-corrected chi connectivity index (χ1v) is 7.69. The third-order valence-electron chi connectivity index (χ3n) is 3.36. The summed E-state index contributed by atoms with van der Waals surface area (Å²) in [5.74, 6) is -2.31. The van der Waals surface area contributed by atoms with Crippen molar-refractivity contribution in [3.05, 3.63) is 12.5 Å². The number of hydrogen-bond acceptors (Lipinski definition) is 6. The highest BCUT2D eigenvalue weighted by Crippen LogP contribution is 2.22. The summed E-state index contributed by atoms with van der Waals surface area (Å²) in [4.78, 5) is 15.5. The van der Waals surface area contributed by atoms with Gasteiger partial charge in [-0.2, -0.15) is 0 Å². The molecular formula is C14H18F2N8. The van der Waals surface area contributed by atoms with Gasteiger partial charge in [0, 0.05) is 13.5 Å². The summed E-state index contributed by atoms with van der Waals surface area (Å²) >= 11 is 0. The van der Waals surface area contributed by atoms with Crippen LogP contribution in [0.1, 0.15) is 26.7 Å². The average Bonchev–Trinajstić information content (AvgIpc) is 3.18. The van der Waals surface area contributed by atoms with Crippen molar-refractivity contribution in [2.45, 2.75) is 39.2 Å². The van der Waals surface area contributed by atoms with E-state index < -0.39 is 12.5 Å². The summed E-state index contributed by atoms with van der Waals surface area (Å²) in [6.07, 6.45) is 5.21. The second-order valence-corrected chi connectivity index (χ2v) is 5.64. The van der Waals surface area contributed by atoms with Gasteiger partial charge in [-0.15, -0.1) is 5.10 Å². The molecule has 0 aliphatic carbocycles. The number of rotatable bonds is 7. The van der Waals surface area contributed by atoms with Crippen molar-refractivity contribution in [2.24, 2.45) is 0 Å². The minimum atomic E-state index is -2.86. The van der Waals surface area contributed by atoms with Crippen molar-refractivity contribution < 1.29 is 8.78 Å². The lowest BCUT2D eigenvalue weighted by atomic mass is 10.3. The number of anilines is 1. The van der Waals surface area contributed by atoms with E-state index in [1.807, 2.05) is 0 Å². The number of alkyl halides is 2. The molecule has 0 atom stereocenters. The second kappa shape index (κ2) is 6.46. The molecule has 0 bridgehead atoms. The first-order valence-electron chi connectivity index (χ1n) is 7.69. The molecule has 3 heterocycles. The molecule has 0 saturated carbocycles. The van der Waals surface area contributed by atoms with Crippen LogP contribution in [-0.4, -0.2) is 47.4 Å². The minimum absolute atomic E-state index is 0.261. The number of aryl methyl sites for hydroxylation is 1. The first kappa shape index (κ1) is 16.2. The number of imidazole rings is 1. The van der Waals surface area contributed by atoms with E-state index in [9.17, 15) is 8.78 Å². The van der Waals surface area contributed by atoms with E-state index in [0.29, 0.717) is 22.7 Å². The molecule has 0 aliphatic rings. The molecule has 0 unspecified atom stereocenters. The van der Waals surface area contributed by atoms with Crippen LogP contribution < -0.4 is 5.32 Å². The fourth-order valence-electron chi connectivity index (χ4n) is 2.14. The summed E-state index contributed by atoms with van der Waals surface area (Å²) in [6.45, 7) is 3.14. The maximum Gasteiger partial charge on any atom is 0.262 e. The predicted molar refractivity (Wildman–Crippen MR) is 84.7 cm³/mol. The summed E-state index contributed by atoms with van der Waals surface area (Å²) in [6, 6.07) is 0. The van der Waals surface area contributed by atoms with Gasteiger partial charge in [0.25, 0.3) is 5.92 Å². The van der Waals surface area contributed by atoms with Crippen LogP contribution in [0.3, 0.4) is 0 Å². The maximum absolute atomic E-state index is 13.1. The number of nitrogens with zero attached hydrogens (tertiary/aromatic N) is 6. The van der Waals surface area contributed by atoms with Gasteiger partial charge in [0.15, 0.2) is 17.3 Å². The van der Waals surface area contributed by atoms with Crippen molar-refractivity contribution in [3.8, 4) is 11.5 Å². The van der Waals surface area contributed by atoms with E-state index in [0.717, 1.165) is 26.3 Å². The highest BCUT2D eigenvalue weighted by molar-refractivity contribution is 5.84. The van der Waals surface area contributed by atoms with Crippen molar-refractivity contribution in [2.75, 3.05) is 11.9 Å². The number of hydrogen-bond donors (Lipinski definition) is 2. The molecule has 0 aromatic carbocycles. The standard InChI is InChI=1S/C14H18F2N8/c1-3-4-5-24-6-9(22-23-24)11-20-12(17-7-14(2,15)16)10-13(21-11)19-8-18-10/h6,8H,3-5,7H2,1-2H3,(H2,17,18,19,20,21). The fraction of sp³-hybridized carbons (Fsp3) is 0.500. The zero-order valence-electron chi connectivity index (χ0n) is 13.4. The zero-order valence-corrected chi connectivity index (χ0v) is 13.4. The molecule has 0 amide bonds. The number of halogens is 2. The largest absolute Gasteiger partial charge is 0.362 e. The Kier molecular flexibility index (Phi) is 4.36. The van der Waals surface area contributed by atoms with E-state index >= 15 is 0 Å². The van der Waals surface area contributed by atoms with Crippen LogP contribution in [0.4, 0.5) is 14.6 Å². The number of fused-ring (bicyclic) bond motifs is 1. The molecule has 3 aromatic heterocycles. The molecule has 0 radical (unpaired) electrons. The fourth-order valence-corrected chi connectivity index (χ4v) is 2.14. The summed E-state index contributed by atoms with van der Waals surface area (Å²) < 4.78 is 28.0. The smallest absolute Gasteiger partial charge is 0.262 e. The first-order chi connectivity index (χ1) is 11.5. The number of aromatic nitrogens is 7. The number of unbranched alkanes of at least 4 members (excludes halogenated alkanes) is 1. The van der Waals surface area contributed by atoms with Crippen molar-refractivity contribution in [1.82, 2.24) is 34.9 Å². The SMILES string of the molecule is CCCCn1cc(-c2nc(NCC(C)(F)F)c3[nH]cnc3n2)nn1. The van der Waals surface area contributed by atoms with Crippen LogP contribution in [-0.2, 0) is 6.54 Å². The molecule has 128 valence electrons. The third kappa shape index (κ3) is 3.63. The van der Waals surface area contributed by atoms with Gasteiger partial charge in [0.05, 0.1) is 19.1 Å². The monoisotopic (exact) mass is 336 g/mol. The normalized spacial score (nSPS) is 12.0. The average molecular weight is 336 g/mol. The quantitative estimate of drug-likeness (QED) is 0.688. The Morgan fingerprint density at radius 2 is 2.17 bits per heavy atom. The van der Waals surface area contributed by atoms with Crippen LogP contribution in [0, 0.1) is 0 Å². The summed E-state index contributed by atoms with van der Waals surface area (Å²) in [5, 5.41) is 10.7. The van der Waals surface area contributed by atoms with Gasteiger partial charge in [0.1, 0.15) is 11.2 Å². The van der Waals surface area contributed by atoms with E-state index in [4.69, 9.17) is 0 Å². The van der Waals surface area contributed by atoms with Gasteiger partial charge in [-0.3, -0.25) is 4.68 Å². The highest BCUT2D eigenvalue weighted by atomic mass is 19.3. The van der Waals surface area contributed by atoms with Crippen LogP contribution in [0.2, 0.25) is 0 Å². The molecule has 8 nitrogen and oxygen atoms in total. The van der Waals surface area contributed by atoms with E-state index in [1.54, 1.807) is 10.9 Å². The lowest BCUT2D eigenvalue weighted by Crippen LogP contribution is -2.23. The highest BCUT2D eigenvalue weighted by Gasteiger charge is 2.22. The van der Waals surface area contributed by atoms with Gasteiger partial charge in [-0.05, 0) is 6.42 Å². The second-order valence-electron chi connectivity index (χ2n) is 5.64. The Hall–Kier alpha value is -2.65. The molecule has 10 heteroatoms. The number of nitrogens with one attached hydrogen (secondary N) is 2. The van der Waals surface area contributed by atoms with E-state index in [1.165, 1.54) is 6.33 Å². The Morgan fingerprint density at radius 1 is 1.33 bits per heavy atom. The van der Waals surface area contributed by atoms with E-state index in [-0.39, 0.29) is 5.82 Å². The van der Waals surface area contributed by atoms with Gasteiger partial charge < -0.3 is 10.3 Å². The number of H-pyrrole nitrogens is 1. The van der Waals surface area contributed by atoms with Crippen molar-refractivity contribution in [1.29, 1.82) is 0 Å². The van der Waals surface area contributed by atoms with Gasteiger partial charge in [-0.25, -0.2) is 23.7 Å². The van der Waals surface area contributed by atoms with E-state index in [2.05, 4.69) is 42.5 Å². The topological polar surface area (TPSA) is 97.2 Å². The molecule has 0 spiro atoms. The molecule has 3 rings (SSSR count). The molecular weight excluding hydrogens is 318 g/mol. The Morgan fingerprint density at radius 3 is 2.92 bits per heavy atom. The van der Waals surface area contributed by atoms with Gasteiger partial charge >= 0.3 is 0 Å². The molecule has 0 saturated heterocycles. The lowest BCUT2D eigenvalue weighted by Gasteiger charge is -2.12. The summed E-state index contributed by atoms with van der Waals surface area (Å²) in [7, 11) is 0. The van der Waals surface area contributed by atoms with Crippen molar-refractivity contribution in [3.63, 3.8) is 0 Å². The zero-order chi connectivity index (χ0) is 17.2.